The zero-order valence-electron chi connectivity index (χ0n) is 15.5. The van der Waals surface area contributed by atoms with Gasteiger partial charge in [0.2, 0.25) is 0 Å². The molecular formula is C20H26BrN5. The number of nitrogens with one attached hydrogen (secondary N) is 1. The van der Waals surface area contributed by atoms with E-state index in [0.29, 0.717) is 6.54 Å². The maximum absolute atomic E-state index is 4.61. The van der Waals surface area contributed by atoms with Crippen LogP contribution in [0.15, 0.2) is 52.1 Å². The largest absolute Gasteiger partial charge is 0.357 e. The summed E-state index contributed by atoms with van der Waals surface area (Å²) in [6, 6.07) is 12.6. The average molecular weight is 416 g/mol. The van der Waals surface area contributed by atoms with Crippen molar-refractivity contribution in [3.63, 3.8) is 0 Å². The molecule has 1 saturated heterocycles. The third-order valence-electron chi connectivity index (χ3n) is 4.60. The van der Waals surface area contributed by atoms with Gasteiger partial charge >= 0.3 is 0 Å². The molecule has 0 atom stereocenters. The van der Waals surface area contributed by atoms with Crippen molar-refractivity contribution in [2.24, 2.45) is 4.99 Å². The number of anilines is 1. The number of hydrogen-bond acceptors (Lipinski definition) is 3. The summed E-state index contributed by atoms with van der Waals surface area (Å²) in [5.74, 6) is 1.96. The quantitative estimate of drug-likeness (QED) is 0.597. The Kier molecular flexibility index (Phi) is 6.50. The second kappa shape index (κ2) is 9.03. The van der Waals surface area contributed by atoms with E-state index in [9.17, 15) is 0 Å². The Bertz CT molecular complexity index is 721. The van der Waals surface area contributed by atoms with Crippen LogP contribution in [0.1, 0.15) is 24.0 Å². The minimum absolute atomic E-state index is 0.713. The van der Waals surface area contributed by atoms with Gasteiger partial charge in [0.15, 0.2) is 5.96 Å². The number of pyridine rings is 1. The van der Waals surface area contributed by atoms with Gasteiger partial charge in [0.25, 0.3) is 0 Å². The molecule has 2 aromatic rings. The number of hydrogen-bond donors (Lipinski definition) is 1. The highest BCUT2D eigenvalue weighted by atomic mass is 79.9. The van der Waals surface area contributed by atoms with Gasteiger partial charge in [-0.2, -0.15) is 0 Å². The first-order valence-corrected chi connectivity index (χ1v) is 9.81. The Morgan fingerprint density at radius 2 is 1.85 bits per heavy atom. The predicted molar refractivity (Wildman–Crippen MR) is 111 cm³/mol. The third-order valence-corrected chi connectivity index (χ3v) is 5.12. The molecule has 6 heteroatoms. The van der Waals surface area contributed by atoms with Gasteiger partial charge in [0.05, 0.1) is 0 Å². The van der Waals surface area contributed by atoms with Gasteiger partial charge in [-0.15, -0.1) is 0 Å². The first kappa shape index (κ1) is 18.7. The molecular weight excluding hydrogens is 390 g/mol. The van der Waals surface area contributed by atoms with Crippen LogP contribution < -0.4 is 10.2 Å². The summed E-state index contributed by atoms with van der Waals surface area (Å²) in [6.45, 7) is 3.76. The van der Waals surface area contributed by atoms with Gasteiger partial charge in [0, 0.05) is 50.9 Å². The van der Waals surface area contributed by atoms with Crippen LogP contribution in [0.5, 0.6) is 0 Å². The van der Waals surface area contributed by atoms with Crippen LogP contribution in [0.3, 0.4) is 0 Å². The Balaban J connectivity index is 1.53. The van der Waals surface area contributed by atoms with Crippen LogP contribution in [0.4, 0.5) is 5.82 Å². The molecule has 1 aliphatic heterocycles. The van der Waals surface area contributed by atoms with Crippen LogP contribution in [-0.2, 0) is 13.1 Å². The molecule has 0 bridgehead atoms. The molecule has 1 N–H and O–H groups in total. The molecule has 0 unspecified atom stereocenters. The maximum Gasteiger partial charge on any atom is 0.193 e. The highest BCUT2D eigenvalue weighted by Gasteiger charge is 2.13. The lowest BCUT2D eigenvalue weighted by atomic mass is 10.2. The predicted octanol–water partition coefficient (Wildman–Crippen LogP) is 3.65. The SMILES string of the molecule is CN=C(NCc1ccc(N2CCCC2)nc1)N(C)Cc1ccc(Br)cc1. The molecule has 5 nitrogen and oxygen atoms in total. The van der Waals surface area contributed by atoms with E-state index in [1.165, 1.54) is 18.4 Å². The van der Waals surface area contributed by atoms with Gasteiger partial charge in [0.1, 0.15) is 5.82 Å². The topological polar surface area (TPSA) is 43.8 Å². The minimum Gasteiger partial charge on any atom is -0.357 e. The third kappa shape index (κ3) is 4.97. The minimum atomic E-state index is 0.713. The highest BCUT2D eigenvalue weighted by molar-refractivity contribution is 9.10. The lowest BCUT2D eigenvalue weighted by molar-refractivity contribution is 0.476. The Morgan fingerprint density at radius 3 is 2.46 bits per heavy atom. The van der Waals surface area contributed by atoms with Crippen molar-refractivity contribution in [3.05, 3.63) is 58.2 Å². The Labute approximate surface area is 164 Å². The number of rotatable bonds is 5. The highest BCUT2D eigenvalue weighted by Crippen LogP contribution is 2.17. The molecule has 0 saturated carbocycles. The van der Waals surface area contributed by atoms with E-state index in [1.807, 2.05) is 20.3 Å². The zero-order chi connectivity index (χ0) is 18.4. The number of guanidine groups is 1. The summed E-state index contributed by atoms with van der Waals surface area (Å²) in [5, 5.41) is 3.42. The van der Waals surface area contributed by atoms with E-state index in [4.69, 9.17) is 0 Å². The van der Waals surface area contributed by atoms with E-state index in [0.717, 1.165) is 41.4 Å². The normalized spacial score (nSPS) is 14.6. The lowest BCUT2D eigenvalue weighted by Crippen LogP contribution is -2.38. The molecule has 2 heterocycles. The van der Waals surface area contributed by atoms with Gasteiger partial charge in [-0.3, -0.25) is 4.99 Å². The monoisotopic (exact) mass is 415 g/mol. The van der Waals surface area contributed by atoms with Crippen molar-refractivity contribution in [3.8, 4) is 0 Å². The van der Waals surface area contributed by atoms with Crippen LogP contribution in [0.2, 0.25) is 0 Å². The van der Waals surface area contributed by atoms with E-state index in [-0.39, 0.29) is 0 Å². The number of benzene rings is 1. The lowest BCUT2D eigenvalue weighted by Gasteiger charge is -2.22. The van der Waals surface area contributed by atoms with Crippen molar-refractivity contribution < 1.29 is 0 Å². The second-order valence-corrected chi connectivity index (χ2v) is 7.52. The number of nitrogens with zero attached hydrogens (tertiary/aromatic N) is 4. The molecule has 0 amide bonds. The molecule has 138 valence electrons. The molecule has 1 fully saturated rings. The van der Waals surface area contributed by atoms with E-state index in [1.54, 1.807) is 0 Å². The van der Waals surface area contributed by atoms with E-state index < -0.39 is 0 Å². The molecule has 1 aliphatic rings. The summed E-state index contributed by atoms with van der Waals surface area (Å²) in [4.78, 5) is 13.5. The summed E-state index contributed by atoms with van der Waals surface area (Å²) < 4.78 is 1.09. The summed E-state index contributed by atoms with van der Waals surface area (Å²) >= 11 is 3.47. The van der Waals surface area contributed by atoms with Gasteiger partial charge < -0.3 is 15.1 Å². The zero-order valence-corrected chi connectivity index (χ0v) is 17.0. The van der Waals surface area contributed by atoms with Gasteiger partial charge in [-0.25, -0.2) is 4.98 Å². The maximum atomic E-state index is 4.61. The fourth-order valence-corrected chi connectivity index (χ4v) is 3.42. The first-order chi connectivity index (χ1) is 12.7. The molecule has 1 aromatic carbocycles. The van der Waals surface area contributed by atoms with Crippen LogP contribution >= 0.6 is 15.9 Å². The van der Waals surface area contributed by atoms with E-state index >= 15 is 0 Å². The van der Waals surface area contributed by atoms with Crippen molar-refractivity contribution in [1.82, 2.24) is 15.2 Å². The van der Waals surface area contributed by atoms with E-state index in [2.05, 4.69) is 77.4 Å². The van der Waals surface area contributed by atoms with Gasteiger partial charge in [-0.05, 0) is 42.2 Å². The van der Waals surface area contributed by atoms with Crippen molar-refractivity contribution in [2.45, 2.75) is 25.9 Å². The fraction of sp³-hybridized carbons (Fsp3) is 0.400. The summed E-state index contributed by atoms with van der Waals surface area (Å²) in [6.07, 6.45) is 4.50. The smallest absolute Gasteiger partial charge is 0.193 e. The van der Waals surface area contributed by atoms with Crippen LogP contribution in [0, 0.1) is 0 Å². The molecule has 0 spiro atoms. The van der Waals surface area contributed by atoms with Crippen LogP contribution in [-0.4, -0.2) is 43.0 Å². The molecule has 1 aromatic heterocycles. The molecule has 0 aliphatic carbocycles. The van der Waals surface area contributed by atoms with Crippen molar-refractivity contribution in [2.75, 3.05) is 32.1 Å². The summed E-state index contributed by atoms with van der Waals surface area (Å²) in [7, 11) is 3.86. The number of aliphatic imine (C=N–C) groups is 1. The summed E-state index contributed by atoms with van der Waals surface area (Å²) in [5.41, 5.74) is 2.40. The molecule has 0 radical (unpaired) electrons. The molecule has 3 rings (SSSR count). The second-order valence-electron chi connectivity index (χ2n) is 6.60. The molecule has 26 heavy (non-hydrogen) atoms. The number of aromatic nitrogens is 1. The fourth-order valence-electron chi connectivity index (χ4n) is 3.16. The first-order valence-electron chi connectivity index (χ1n) is 9.02. The Hall–Kier alpha value is -2.08. The standard InChI is InChI=1S/C20H26BrN5/c1-22-20(25(2)15-16-5-8-18(21)9-6-16)24-14-17-7-10-19(23-13-17)26-11-3-4-12-26/h5-10,13H,3-4,11-12,14-15H2,1-2H3,(H,22,24). The Morgan fingerprint density at radius 1 is 1.15 bits per heavy atom. The van der Waals surface area contributed by atoms with Crippen LogP contribution in [0.25, 0.3) is 0 Å². The van der Waals surface area contributed by atoms with Crippen molar-refractivity contribution in [1.29, 1.82) is 0 Å². The average Bonchev–Trinajstić information content (AvgIpc) is 3.19. The van der Waals surface area contributed by atoms with Crippen molar-refractivity contribution >= 4 is 27.7 Å². The number of halogens is 1. The van der Waals surface area contributed by atoms with Gasteiger partial charge in [-0.1, -0.05) is 34.1 Å².